The van der Waals surface area contributed by atoms with E-state index < -0.39 is 46.5 Å². The molecule has 0 aliphatic heterocycles. The van der Waals surface area contributed by atoms with E-state index in [0.717, 1.165) is 72.8 Å². The Hall–Kier alpha value is -6.56. The molecule has 0 N–H and O–H groups in total. The second-order valence-corrected chi connectivity index (χ2v) is 10.7. The molecule has 6 rings (SSSR count). The highest BCUT2D eigenvalue weighted by molar-refractivity contribution is 5.87. The molecule has 0 aliphatic rings. The quantitative estimate of drug-likeness (QED) is 0.111. The SMILES string of the molecule is Fc1ccc(F)c(N=Cc2ccc(C=Nc3cc(F)ccc3F)cc2)c1.Fc1ccc(F)c(N=Cc2ccc(C=Nc3cc(F)ccc3F)cc2)c1. The van der Waals surface area contributed by atoms with Crippen molar-refractivity contribution in [1.82, 2.24) is 0 Å². The lowest BCUT2D eigenvalue weighted by Crippen LogP contribution is -1.86. The molecule has 0 spiro atoms. The predicted molar refractivity (Wildman–Crippen MR) is 187 cm³/mol. The molecule has 52 heavy (non-hydrogen) atoms. The molecule has 6 aromatic rings. The van der Waals surface area contributed by atoms with Gasteiger partial charge in [-0.25, -0.2) is 35.1 Å². The van der Waals surface area contributed by atoms with Gasteiger partial charge in [0.1, 0.15) is 69.3 Å². The van der Waals surface area contributed by atoms with E-state index in [9.17, 15) is 35.1 Å². The van der Waals surface area contributed by atoms with Gasteiger partial charge in [0.05, 0.1) is 0 Å². The van der Waals surface area contributed by atoms with Gasteiger partial charge in [-0.3, -0.25) is 20.0 Å². The third-order valence-corrected chi connectivity index (χ3v) is 6.92. The van der Waals surface area contributed by atoms with Crippen LogP contribution in [0.15, 0.2) is 141 Å². The summed E-state index contributed by atoms with van der Waals surface area (Å²) in [7, 11) is 0. The van der Waals surface area contributed by atoms with Crippen molar-refractivity contribution in [1.29, 1.82) is 0 Å². The van der Waals surface area contributed by atoms with Gasteiger partial charge in [-0.1, -0.05) is 48.5 Å². The van der Waals surface area contributed by atoms with E-state index in [4.69, 9.17) is 0 Å². The lowest BCUT2D eigenvalue weighted by atomic mass is 10.1. The Morgan fingerprint density at radius 1 is 0.269 bits per heavy atom. The van der Waals surface area contributed by atoms with Crippen molar-refractivity contribution < 1.29 is 35.1 Å². The average molecular weight is 713 g/mol. The lowest BCUT2D eigenvalue weighted by molar-refractivity contribution is 0.602. The standard InChI is InChI=1S/2C20H12F4N2/c2*21-15-5-7-17(23)19(9-15)25-11-13-1-2-14(4-3-13)12-26-20-10-16(22)6-8-18(20)24/h2*1-12H. The normalized spacial score (nSPS) is 11.5. The molecule has 260 valence electrons. The summed E-state index contributed by atoms with van der Waals surface area (Å²) in [6.07, 6.45) is 5.58. The highest BCUT2D eigenvalue weighted by atomic mass is 19.2. The van der Waals surface area contributed by atoms with E-state index in [1.807, 2.05) is 0 Å². The van der Waals surface area contributed by atoms with Gasteiger partial charge in [-0.05, 0) is 70.8 Å². The summed E-state index contributed by atoms with van der Waals surface area (Å²) in [5, 5.41) is 0. The average Bonchev–Trinajstić information content (AvgIpc) is 3.14. The number of aliphatic imine (C=N–C) groups is 4. The minimum Gasteiger partial charge on any atom is -0.253 e. The first kappa shape index (κ1) is 36.7. The Morgan fingerprint density at radius 2 is 0.462 bits per heavy atom. The molecular weight excluding hydrogens is 688 g/mol. The van der Waals surface area contributed by atoms with Crippen molar-refractivity contribution in [2.45, 2.75) is 0 Å². The molecule has 0 saturated heterocycles. The molecule has 12 heteroatoms. The number of benzene rings is 6. The first-order valence-electron chi connectivity index (χ1n) is 15.2. The molecule has 0 unspecified atom stereocenters. The van der Waals surface area contributed by atoms with Crippen LogP contribution in [0.4, 0.5) is 57.9 Å². The number of hydrogen-bond acceptors (Lipinski definition) is 4. The molecule has 0 heterocycles. The molecule has 0 saturated carbocycles. The first-order chi connectivity index (χ1) is 25.0. The maximum atomic E-state index is 13.5. The van der Waals surface area contributed by atoms with Crippen molar-refractivity contribution in [3.8, 4) is 0 Å². The Kier molecular flexibility index (Phi) is 12.3. The predicted octanol–water partition coefficient (Wildman–Crippen LogP) is 11.5. The van der Waals surface area contributed by atoms with Crippen LogP contribution in [-0.2, 0) is 0 Å². The van der Waals surface area contributed by atoms with Gasteiger partial charge in [0.2, 0.25) is 0 Å². The topological polar surface area (TPSA) is 49.4 Å². The zero-order valence-corrected chi connectivity index (χ0v) is 26.7. The Bertz CT molecular complexity index is 1960. The minimum absolute atomic E-state index is 0.0998. The van der Waals surface area contributed by atoms with Crippen LogP contribution >= 0.6 is 0 Å². The van der Waals surface area contributed by atoms with Gasteiger partial charge >= 0.3 is 0 Å². The minimum atomic E-state index is -0.622. The van der Waals surface area contributed by atoms with Crippen molar-refractivity contribution in [3.63, 3.8) is 0 Å². The molecule has 4 nitrogen and oxygen atoms in total. The summed E-state index contributed by atoms with van der Waals surface area (Å²) >= 11 is 0. The summed E-state index contributed by atoms with van der Waals surface area (Å²) in [6, 6.07) is 25.6. The molecule has 0 aromatic heterocycles. The lowest BCUT2D eigenvalue weighted by Gasteiger charge is -1.99. The highest BCUT2D eigenvalue weighted by Gasteiger charge is 2.05. The summed E-state index contributed by atoms with van der Waals surface area (Å²) in [4.78, 5) is 15.7. The fourth-order valence-electron chi connectivity index (χ4n) is 4.25. The van der Waals surface area contributed by atoms with Gasteiger partial charge in [-0.15, -0.1) is 0 Å². The summed E-state index contributed by atoms with van der Waals surface area (Å²) in [6.45, 7) is 0. The van der Waals surface area contributed by atoms with Gasteiger partial charge in [0.25, 0.3) is 0 Å². The number of nitrogens with zero attached hydrogens (tertiary/aromatic N) is 4. The first-order valence-corrected chi connectivity index (χ1v) is 15.2. The van der Waals surface area contributed by atoms with Crippen LogP contribution in [0.1, 0.15) is 22.3 Å². The molecule has 0 radical (unpaired) electrons. The van der Waals surface area contributed by atoms with Gasteiger partial charge in [0.15, 0.2) is 0 Å². The van der Waals surface area contributed by atoms with Crippen LogP contribution in [0.2, 0.25) is 0 Å². The van der Waals surface area contributed by atoms with Crippen molar-refractivity contribution in [2.24, 2.45) is 20.0 Å². The number of halogens is 8. The van der Waals surface area contributed by atoms with Crippen molar-refractivity contribution >= 4 is 47.6 Å². The molecule has 0 amide bonds. The van der Waals surface area contributed by atoms with E-state index in [0.29, 0.717) is 22.3 Å². The molecule has 0 atom stereocenters. The second kappa shape index (κ2) is 17.4. The fourth-order valence-corrected chi connectivity index (χ4v) is 4.25. The van der Waals surface area contributed by atoms with Gasteiger partial charge in [0, 0.05) is 49.1 Å². The Labute approximate surface area is 292 Å². The molecule has 0 fully saturated rings. The fraction of sp³-hybridized carbons (Fsp3) is 0. The third kappa shape index (κ3) is 10.7. The number of rotatable bonds is 8. The van der Waals surface area contributed by atoms with E-state index in [-0.39, 0.29) is 22.7 Å². The van der Waals surface area contributed by atoms with Crippen LogP contribution in [0.3, 0.4) is 0 Å². The zero-order chi connectivity index (χ0) is 37.0. The Balaban J connectivity index is 0.000000201. The molecule has 0 bridgehead atoms. The van der Waals surface area contributed by atoms with Crippen molar-refractivity contribution in [3.05, 3.63) is 190 Å². The number of hydrogen-bond donors (Lipinski definition) is 0. The zero-order valence-electron chi connectivity index (χ0n) is 26.7. The van der Waals surface area contributed by atoms with E-state index >= 15 is 0 Å². The van der Waals surface area contributed by atoms with Crippen LogP contribution in [0.5, 0.6) is 0 Å². The van der Waals surface area contributed by atoms with Crippen LogP contribution in [-0.4, -0.2) is 24.9 Å². The maximum absolute atomic E-state index is 13.5. The molecular formula is C40H24F8N4. The molecule has 0 aliphatic carbocycles. The highest BCUT2D eigenvalue weighted by Crippen LogP contribution is 2.22. The van der Waals surface area contributed by atoms with E-state index in [2.05, 4.69) is 20.0 Å². The maximum Gasteiger partial charge on any atom is 0.149 e. The van der Waals surface area contributed by atoms with Gasteiger partial charge < -0.3 is 0 Å². The summed E-state index contributed by atoms with van der Waals surface area (Å²) < 4.78 is 106. The smallest absolute Gasteiger partial charge is 0.149 e. The van der Waals surface area contributed by atoms with Gasteiger partial charge in [-0.2, -0.15) is 0 Å². The summed E-state index contributed by atoms with van der Waals surface area (Å²) in [5.74, 6) is -4.78. The third-order valence-electron chi connectivity index (χ3n) is 6.92. The second-order valence-electron chi connectivity index (χ2n) is 10.7. The van der Waals surface area contributed by atoms with Crippen LogP contribution < -0.4 is 0 Å². The Morgan fingerprint density at radius 3 is 0.654 bits per heavy atom. The van der Waals surface area contributed by atoms with Crippen LogP contribution in [0, 0.1) is 46.5 Å². The molecule has 6 aromatic carbocycles. The van der Waals surface area contributed by atoms with Crippen LogP contribution in [0.25, 0.3) is 0 Å². The van der Waals surface area contributed by atoms with E-state index in [1.165, 1.54) is 24.9 Å². The summed E-state index contributed by atoms with van der Waals surface area (Å²) in [5.41, 5.74) is 2.22. The van der Waals surface area contributed by atoms with Crippen molar-refractivity contribution in [2.75, 3.05) is 0 Å². The monoisotopic (exact) mass is 712 g/mol. The van der Waals surface area contributed by atoms with E-state index in [1.54, 1.807) is 48.5 Å². The largest absolute Gasteiger partial charge is 0.253 e.